The molecule has 2 rings (SSSR count). The molecule has 0 bridgehead atoms. The van der Waals surface area contributed by atoms with E-state index >= 15 is 0 Å². The highest BCUT2D eigenvalue weighted by molar-refractivity contribution is 9.11. The molecule has 0 aliphatic rings. The maximum atomic E-state index is 5.92. The van der Waals surface area contributed by atoms with Crippen molar-refractivity contribution in [2.24, 2.45) is 5.73 Å². The topological polar surface area (TPSA) is 29.3 Å². The number of benzene rings is 1. The molecule has 0 fully saturated rings. The molecule has 1 heterocycles. The first-order valence-corrected chi connectivity index (χ1v) is 7.51. The maximum absolute atomic E-state index is 5.92. The zero-order valence-corrected chi connectivity index (χ0v) is 12.7. The van der Waals surface area contributed by atoms with Crippen LogP contribution in [0.4, 0.5) is 0 Å². The quantitative estimate of drug-likeness (QED) is 0.909. The van der Waals surface area contributed by atoms with Crippen molar-refractivity contribution in [3.63, 3.8) is 0 Å². The van der Waals surface area contributed by atoms with Gasteiger partial charge in [0.2, 0.25) is 0 Å². The van der Waals surface area contributed by atoms with Gasteiger partial charge in [-0.2, -0.15) is 0 Å². The van der Waals surface area contributed by atoms with Crippen LogP contribution in [0.1, 0.15) is 16.5 Å². The Bertz CT molecular complexity index is 484. The Kier molecular flexibility index (Phi) is 4.95. The second-order valence-electron chi connectivity index (χ2n) is 4.29. The molecule has 0 saturated heterocycles. The van der Waals surface area contributed by atoms with Crippen molar-refractivity contribution in [3.05, 3.63) is 56.7 Å². The highest BCUT2D eigenvalue weighted by Crippen LogP contribution is 2.30. The fraction of sp³-hybridized carbons (Fsp3) is 0.286. The molecule has 2 nitrogen and oxygen atoms in total. The van der Waals surface area contributed by atoms with E-state index in [9.17, 15) is 0 Å². The zero-order chi connectivity index (χ0) is 13.0. The van der Waals surface area contributed by atoms with Crippen LogP contribution in [-0.4, -0.2) is 18.5 Å². The summed E-state index contributed by atoms with van der Waals surface area (Å²) < 4.78 is 1.16. The van der Waals surface area contributed by atoms with Gasteiger partial charge in [0.1, 0.15) is 0 Å². The van der Waals surface area contributed by atoms with E-state index in [-0.39, 0.29) is 6.04 Å². The van der Waals surface area contributed by atoms with E-state index in [0.717, 1.165) is 10.3 Å². The van der Waals surface area contributed by atoms with Gasteiger partial charge in [0.05, 0.1) is 9.83 Å². The minimum absolute atomic E-state index is 0.279. The van der Waals surface area contributed by atoms with E-state index in [4.69, 9.17) is 5.73 Å². The van der Waals surface area contributed by atoms with Crippen LogP contribution in [0.25, 0.3) is 0 Å². The molecule has 1 unspecified atom stereocenters. The Morgan fingerprint density at radius 1 is 1.22 bits per heavy atom. The summed E-state index contributed by atoms with van der Waals surface area (Å²) in [5, 5.41) is 0. The molecule has 18 heavy (non-hydrogen) atoms. The fourth-order valence-electron chi connectivity index (χ4n) is 2.00. The molecule has 1 aromatic carbocycles. The first kappa shape index (κ1) is 13.7. The third-order valence-electron chi connectivity index (χ3n) is 2.95. The van der Waals surface area contributed by atoms with E-state index in [1.807, 2.05) is 6.07 Å². The molecule has 0 spiro atoms. The third kappa shape index (κ3) is 3.42. The maximum Gasteiger partial charge on any atom is 0.0702 e. The lowest BCUT2D eigenvalue weighted by molar-refractivity contribution is 0.245. The van der Waals surface area contributed by atoms with Crippen LogP contribution >= 0.6 is 27.3 Å². The highest BCUT2D eigenvalue weighted by Gasteiger charge is 2.17. The largest absolute Gasteiger partial charge is 0.329 e. The van der Waals surface area contributed by atoms with E-state index in [0.29, 0.717) is 6.54 Å². The molecule has 96 valence electrons. The Morgan fingerprint density at radius 2 is 1.94 bits per heavy atom. The number of likely N-dealkylation sites (N-methyl/N-ethyl adjacent to an activating group) is 1. The molecular formula is C14H17BrN2S. The van der Waals surface area contributed by atoms with Crippen molar-refractivity contribution < 1.29 is 0 Å². The first-order chi connectivity index (χ1) is 8.70. The van der Waals surface area contributed by atoms with E-state index in [1.165, 1.54) is 10.4 Å². The first-order valence-electron chi connectivity index (χ1n) is 5.90. The number of hydrogen-bond donors (Lipinski definition) is 1. The summed E-state index contributed by atoms with van der Waals surface area (Å²) in [7, 11) is 2.12. The number of hydrogen-bond acceptors (Lipinski definition) is 3. The van der Waals surface area contributed by atoms with Crippen LogP contribution in [0.3, 0.4) is 0 Å². The standard InChI is InChI=1S/C14H17BrN2S/c1-17(10-11-5-3-2-4-6-11)12(9-16)13-7-8-14(15)18-13/h2-8,12H,9-10,16H2,1H3. The molecule has 1 atom stereocenters. The van der Waals surface area contributed by atoms with Crippen molar-refractivity contribution in [2.75, 3.05) is 13.6 Å². The second-order valence-corrected chi connectivity index (χ2v) is 6.79. The van der Waals surface area contributed by atoms with E-state index < -0.39 is 0 Å². The predicted octanol–water partition coefficient (Wildman–Crippen LogP) is 3.64. The zero-order valence-electron chi connectivity index (χ0n) is 10.3. The summed E-state index contributed by atoms with van der Waals surface area (Å²) in [6, 6.07) is 15.0. The normalized spacial score (nSPS) is 12.9. The Labute approximate surface area is 121 Å². The van der Waals surface area contributed by atoms with Gasteiger partial charge in [-0.3, -0.25) is 4.90 Å². The molecule has 0 amide bonds. The van der Waals surface area contributed by atoms with Gasteiger partial charge in [0.15, 0.2) is 0 Å². The van der Waals surface area contributed by atoms with Gasteiger partial charge in [0, 0.05) is 18.0 Å². The van der Waals surface area contributed by atoms with Crippen LogP contribution < -0.4 is 5.73 Å². The van der Waals surface area contributed by atoms with Crippen LogP contribution in [0.15, 0.2) is 46.3 Å². The van der Waals surface area contributed by atoms with Crippen LogP contribution in [-0.2, 0) is 6.54 Å². The third-order valence-corrected chi connectivity index (χ3v) is 4.68. The van der Waals surface area contributed by atoms with Crippen LogP contribution in [0.2, 0.25) is 0 Å². The van der Waals surface area contributed by atoms with Crippen molar-refractivity contribution >= 4 is 27.3 Å². The lowest BCUT2D eigenvalue weighted by Gasteiger charge is -2.26. The summed E-state index contributed by atoms with van der Waals surface area (Å²) in [4.78, 5) is 3.61. The summed E-state index contributed by atoms with van der Waals surface area (Å²) in [6.45, 7) is 1.55. The molecule has 4 heteroatoms. The minimum Gasteiger partial charge on any atom is -0.329 e. The lowest BCUT2D eigenvalue weighted by atomic mass is 10.1. The molecule has 1 aromatic heterocycles. The van der Waals surface area contributed by atoms with Crippen LogP contribution in [0, 0.1) is 0 Å². The highest BCUT2D eigenvalue weighted by atomic mass is 79.9. The van der Waals surface area contributed by atoms with Gasteiger partial charge in [-0.25, -0.2) is 0 Å². The monoisotopic (exact) mass is 324 g/mol. The Morgan fingerprint density at radius 3 is 2.50 bits per heavy atom. The molecule has 0 aliphatic heterocycles. The average Bonchev–Trinajstić information content (AvgIpc) is 2.78. The van der Waals surface area contributed by atoms with E-state index in [1.54, 1.807) is 11.3 Å². The van der Waals surface area contributed by atoms with E-state index in [2.05, 4.69) is 64.3 Å². The molecular weight excluding hydrogens is 308 g/mol. The number of rotatable bonds is 5. The summed E-state index contributed by atoms with van der Waals surface area (Å²) in [5.74, 6) is 0. The van der Waals surface area contributed by atoms with Crippen molar-refractivity contribution in [1.82, 2.24) is 4.90 Å². The Balaban J connectivity index is 2.08. The molecule has 0 saturated carbocycles. The number of thiophene rings is 1. The van der Waals surface area contributed by atoms with Gasteiger partial charge in [-0.15, -0.1) is 11.3 Å². The van der Waals surface area contributed by atoms with Crippen molar-refractivity contribution in [2.45, 2.75) is 12.6 Å². The van der Waals surface area contributed by atoms with Gasteiger partial charge in [-0.1, -0.05) is 30.3 Å². The number of halogens is 1. The minimum atomic E-state index is 0.279. The van der Waals surface area contributed by atoms with Gasteiger partial charge >= 0.3 is 0 Å². The van der Waals surface area contributed by atoms with Crippen LogP contribution in [0.5, 0.6) is 0 Å². The average molecular weight is 325 g/mol. The van der Waals surface area contributed by atoms with Gasteiger partial charge in [-0.05, 0) is 40.7 Å². The number of nitrogens with zero attached hydrogens (tertiary/aromatic N) is 1. The smallest absolute Gasteiger partial charge is 0.0702 e. The molecule has 2 N–H and O–H groups in total. The van der Waals surface area contributed by atoms with Crippen molar-refractivity contribution in [1.29, 1.82) is 0 Å². The SMILES string of the molecule is CN(Cc1ccccc1)C(CN)c1ccc(Br)s1. The summed E-state index contributed by atoms with van der Waals surface area (Å²) in [5.41, 5.74) is 7.23. The molecule has 0 aliphatic carbocycles. The summed E-state index contributed by atoms with van der Waals surface area (Å²) in [6.07, 6.45) is 0. The molecule has 2 aromatic rings. The van der Waals surface area contributed by atoms with Gasteiger partial charge in [0.25, 0.3) is 0 Å². The fourth-order valence-corrected chi connectivity index (χ4v) is 3.60. The molecule has 0 radical (unpaired) electrons. The Hall–Kier alpha value is -0.680. The lowest BCUT2D eigenvalue weighted by Crippen LogP contribution is -2.29. The second kappa shape index (κ2) is 6.48. The predicted molar refractivity (Wildman–Crippen MR) is 81.7 cm³/mol. The van der Waals surface area contributed by atoms with Gasteiger partial charge < -0.3 is 5.73 Å². The summed E-state index contributed by atoms with van der Waals surface area (Å²) >= 11 is 5.26. The van der Waals surface area contributed by atoms with Crippen molar-refractivity contribution in [3.8, 4) is 0 Å². The number of nitrogens with two attached hydrogens (primary N) is 1.